The first-order valence-electron chi connectivity index (χ1n) is 12.5. The fourth-order valence-electron chi connectivity index (χ4n) is 4.71. The number of aromatic amines is 1. The van der Waals surface area contributed by atoms with E-state index >= 15 is 0 Å². The van der Waals surface area contributed by atoms with Crippen molar-refractivity contribution in [2.24, 2.45) is 0 Å². The molecule has 9 heteroatoms. The molecule has 1 aliphatic rings. The highest BCUT2D eigenvalue weighted by Crippen LogP contribution is 2.20. The summed E-state index contributed by atoms with van der Waals surface area (Å²) in [6, 6.07) is 16.4. The monoisotopic (exact) mass is 487 g/mol. The fourth-order valence-corrected chi connectivity index (χ4v) is 4.71. The number of aryl methyl sites for hydroxylation is 2. The Labute approximate surface area is 210 Å². The predicted molar refractivity (Wildman–Crippen MR) is 139 cm³/mol. The van der Waals surface area contributed by atoms with Crippen molar-refractivity contribution < 1.29 is 4.74 Å². The van der Waals surface area contributed by atoms with Crippen LogP contribution >= 0.6 is 0 Å². The van der Waals surface area contributed by atoms with E-state index in [-0.39, 0.29) is 5.56 Å². The Bertz CT molecular complexity index is 1360. The number of fused-ring (bicyclic) bond motifs is 1. The van der Waals surface area contributed by atoms with Crippen molar-refractivity contribution in [2.75, 3.05) is 39.4 Å². The van der Waals surface area contributed by atoms with Gasteiger partial charge in [0.15, 0.2) is 5.82 Å². The van der Waals surface area contributed by atoms with Gasteiger partial charge in [0, 0.05) is 43.7 Å². The lowest BCUT2D eigenvalue weighted by Crippen LogP contribution is -2.41. The van der Waals surface area contributed by atoms with Gasteiger partial charge in [-0.25, -0.2) is 4.68 Å². The van der Waals surface area contributed by atoms with E-state index in [4.69, 9.17) is 4.74 Å². The number of aromatic nitrogens is 5. The van der Waals surface area contributed by atoms with Gasteiger partial charge in [-0.1, -0.05) is 42.5 Å². The maximum atomic E-state index is 13.1. The van der Waals surface area contributed by atoms with E-state index in [0.29, 0.717) is 19.6 Å². The minimum Gasteiger partial charge on any atom is -0.379 e. The lowest BCUT2D eigenvalue weighted by Gasteiger charge is -2.29. The molecule has 188 valence electrons. The van der Waals surface area contributed by atoms with E-state index in [9.17, 15) is 4.79 Å². The van der Waals surface area contributed by atoms with Crippen LogP contribution in [0.15, 0.2) is 53.3 Å². The quantitative estimate of drug-likeness (QED) is 0.388. The van der Waals surface area contributed by atoms with Crippen molar-refractivity contribution in [3.8, 4) is 0 Å². The van der Waals surface area contributed by atoms with Crippen LogP contribution in [-0.4, -0.2) is 74.4 Å². The first kappa shape index (κ1) is 24.3. The molecule has 0 radical (unpaired) electrons. The number of nitrogens with zero attached hydrogens (tertiary/aromatic N) is 6. The molecule has 2 aromatic heterocycles. The number of pyridine rings is 1. The Morgan fingerprint density at radius 1 is 1.03 bits per heavy atom. The van der Waals surface area contributed by atoms with Crippen molar-refractivity contribution >= 4 is 10.9 Å². The molecule has 0 aliphatic carbocycles. The summed E-state index contributed by atoms with van der Waals surface area (Å²) in [4.78, 5) is 20.9. The lowest BCUT2D eigenvalue weighted by atomic mass is 10.0. The van der Waals surface area contributed by atoms with Crippen LogP contribution < -0.4 is 5.56 Å². The van der Waals surface area contributed by atoms with E-state index in [1.54, 1.807) is 0 Å². The molecule has 1 aliphatic heterocycles. The number of hydrogen-bond acceptors (Lipinski definition) is 7. The maximum absolute atomic E-state index is 13.1. The Balaban J connectivity index is 1.40. The second-order valence-corrected chi connectivity index (χ2v) is 9.51. The average Bonchev–Trinajstić information content (AvgIpc) is 3.33. The van der Waals surface area contributed by atoms with Crippen LogP contribution in [-0.2, 0) is 24.4 Å². The van der Waals surface area contributed by atoms with Crippen LogP contribution in [0.25, 0.3) is 10.9 Å². The van der Waals surface area contributed by atoms with E-state index in [1.807, 2.05) is 35.9 Å². The molecule has 0 bridgehead atoms. The number of hydrogen-bond donors (Lipinski definition) is 1. The van der Waals surface area contributed by atoms with Crippen molar-refractivity contribution in [1.82, 2.24) is 35.0 Å². The number of nitrogens with one attached hydrogen (secondary N) is 1. The van der Waals surface area contributed by atoms with E-state index < -0.39 is 0 Å². The summed E-state index contributed by atoms with van der Waals surface area (Å²) in [5.41, 5.74) is 4.98. The third-order valence-electron chi connectivity index (χ3n) is 6.90. The Morgan fingerprint density at radius 3 is 2.61 bits per heavy atom. The summed E-state index contributed by atoms with van der Waals surface area (Å²) in [5, 5.41) is 13.6. The third-order valence-corrected chi connectivity index (χ3v) is 6.90. The molecule has 0 spiro atoms. The van der Waals surface area contributed by atoms with Crippen LogP contribution in [0.1, 0.15) is 28.1 Å². The fraction of sp³-hybridized carbons (Fsp3) is 0.407. The van der Waals surface area contributed by atoms with Crippen LogP contribution in [0.3, 0.4) is 0 Å². The minimum absolute atomic E-state index is 0.0450. The van der Waals surface area contributed by atoms with Crippen molar-refractivity contribution in [3.05, 3.63) is 87.0 Å². The molecule has 0 amide bonds. The van der Waals surface area contributed by atoms with E-state index in [0.717, 1.165) is 78.4 Å². The smallest absolute Gasteiger partial charge is 0.252 e. The summed E-state index contributed by atoms with van der Waals surface area (Å²) in [7, 11) is 0. The Kier molecular flexibility index (Phi) is 7.50. The van der Waals surface area contributed by atoms with Gasteiger partial charge in [0.1, 0.15) is 0 Å². The zero-order chi connectivity index (χ0) is 24.9. The predicted octanol–water partition coefficient (Wildman–Crippen LogP) is 2.51. The second-order valence-electron chi connectivity index (χ2n) is 9.51. The Morgan fingerprint density at radius 2 is 1.81 bits per heavy atom. The van der Waals surface area contributed by atoms with E-state index in [1.165, 1.54) is 0 Å². The molecule has 2 aromatic carbocycles. The molecule has 5 rings (SSSR count). The number of tetrazole rings is 1. The number of H-pyrrole nitrogens is 1. The van der Waals surface area contributed by atoms with Crippen LogP contribution in [0.2, 0.25) is 0 Å². The highest BCUT2D eigenvalue weighted by atomic mass is 16.5. The molecule has 3 heterocycles. The van der Waals surface area contributed by atoms with Crippen LogP contribution in [0.5, 0.6) is 0 Å². The standard InChI is InChI=1S/C27H33N7O2/c1-20-8-9-21(2)26-24(20)16-23(27(35)28-26)18-33(11-10-32-12-14-36-15-13-32)19-25-29-30-31-34(25)17-22-6-4-3-5-7-22/h3-9,16H,10-15,17-19H2,1-2H3,(H,28,35). The molecule has 36 heavy (non-hydrogen) atoms. The molecule has 0 saturated carbocycles. The molecule has 0 atom stereocenters. The minimum atomic E-state index is -0.0450. The van der Waals surface area contributed by atoms with Gasteiger partial charge in [-0.05, 0) is 47.0 Å². The summed E-state index contributed by atoms with van der Waals surface area (Å²) in [6.07, 6.45) is 0. The number of benzene rings is 2. The topological polar surface area (TPSA) is 92.2 Å². The van der Waals surface area contributed by atoms with E-state index in [2.05, 4.69) is 61.5 Å². The molecule has 4 aromatic rings. The van der Waals surface area contributed by atoms with Crippen LogP contribution in [0.4, 0.5) is 0 Å². The van der Waals surface area contributed by atoms with Gasteiger partial charge >= 0.3 is 0 Å². The first-order valence-corrected chi connectivity index (χ1v) is 12.5. The molecule has 0 unspecified atom stereocenters. The van der Waals surface area contributed by atoms with Gasteiger partial charge in [0.2, 0.25) is 0 Å². The number of morpholine rings is 1. The number of rotatable bonds is 9. The normalized spacial score (nSPS) is 14.6. The molecule has 9 nitrogen and oxygen atoms in total. The van der Waals surface area contributed by atoms with Gasteiger partial charge in [0.25, 0.3) is 5.56 Å². The SMILES string of the molecule is Cc1ccc(C)c2[nH]c(=O)c(CN(CCN3CCOCC3)Cc3nnnn3Cc3ccccc3)cc12. The van der Waals surface area contributed by atoms with Crippen molar-refractivity contribution in [2.45, 2.75) is 33.5 Å². The first-order chi connectivity index (χ1) is 17.6. The summed E-state index contributed by atoms with van der Waals surface area (Å²) < 4.78 is 7.35. The zero-order valence-electron chi connectivity index (χ0n) is 21.0. The highest BCUT2D eigenvalue weighted by Gasteiger charge is 2.18. The summed E-state index contributed by atoms with van der Waals surface area (Å²) in [5.74, 6) is 0.782. The third kappa shape index (κ3) is 5.70. The molecule has 1 saturated heterocycles. The highest BCUT2D eigenvalue weighted by molar-refractivity contribution is 5.85. The second kappa shape index (κ2) is 11.1. The van der Waals surface area contributed by atoms with Gasteiger partial charge in [0.05, 0.1) is 31.8 Å². The zero-order valence-corrected chi connectivity index (χ0v) is 21.0. The lowest BCUT2D eigenvalue weighted by molar-refractivity contribution is 0.0322. The molecular weight excluding hydrogens is 454 g/mol. The van der Waals surface area contributed by atoms with Crippen molar-refractivity contribution in [3.63, 3.8) is 0 Å². The van der Waals surface area contributed by atoms with Crippen molar-refractivity contribution in [1.29, 1.82) is 0 Å². The summed E-state index contributed by atoms with van der Waals surface area (Å²) >= 11 is 0. The largest absolute Gasteiger partial charge is 0.379 e. The van der Waals surface area contributed by atoms with Crippen LogP contribution in [0, 0.1) is 13.8 Å². The van der Waals surface area contributed by atoms with Gasteiger partial charge in [-0.3, -0.25) is 14.6 Å². The maximum Gasteiger partial charge on any atom is 0.252 e. The molecule has 1 N–H and O–H groups in total. The van der Waals surface area contributed by atoms with Gasteiger partial charge in [-0.2, -0.15) is 0 Å². The van der Waals surface area contributed by atoms with Gasteiger partial charge < -0.3 is 9.72 Å². The molecule has 1 fully saturated rings. The average molecular weight is 488 g/mol. The Hall–Kier alpha value is -3.40. The summed E-state index contributed by atoms with van der Waals surface area (Å²) in [6.45, 7) is 10.8. The van der Waals surface area contributed by atoms with Gasteiger partial charge in [-0.15, -0.1) is 5.10 Å². The number of ether oxygens (including phenoxy) is 1. The molecular formula is C27H33N7O2.